The van der Waals surface area contributed by atoms with Crippen molar-refractivity contribution in [1.29, 1.82) is 0 Å². The van der Waals surface area contributed by atoms with Crippen molar-refractivity contribution in [2.45, 2.75) is 25.9 Å². The van der Waals surface area contributed by atoms with E-state index < -0.39 is 23.9 Å². The van der Waals surface area contributed by atoms with Crippen LogP contribution in [0.2, 0.25) is 0 Å². The summed E-state index contributed by atoms with van der Waals surface area (Å²) in [6, 6.07) is 7.47. The number of hydrogen-bond donors (Lipinski definition) is 3. The first-order valence-corrected chi connectivity index (χ1v) is 5.83. The van der Waals surface area contributed by atoms with Gasteiger partial charge in [0.2, 0.25) is 11.8 Å². The van der Waals surface area contributed by atoms with E-state index in [1.54, 1.807) is 24.3 Å². The lowest BCUT2D eigenvalue weighted by molar-refractivity contribution is -0.129. The van der Waals surface area contributed by atoms with Gasteiger partial charge in [-0.25, -0.2) is 0 Å². The van der Waals surface area contributed by atoms with Gasteiger partial charge in [-0.15, -0.1) is 0 Å². The molecule has 0 aliphatic heterocycles. The lowest BCUT2D eigenvalue weighted by atomic mass is 10.0. The first kappa shape index (κ1) is 14.2. The summed E-state index contributed by atoms with van der Waals surface area (Å²) in [6.07, 6.45) is 0. The van der Waals surface area contributed by atoms with Gasteiger partial charge in [-0.3, -0.25) is 9.59 Å². The Bertz CT molecular complexity index is 418. The van der Waals surface area contributed by atoms with Gasteiger partial charge in [-0.05, 0) is 11.5 Å². The van der Waals surface area contributed by atoms with Crippen LogP contribution in [-0.4, -0.2) is 17.9 Å². The average Bonchev–Trinajstić information content (AvgIpc) is 2.35. The monoisotopic (exact) mass is 249 g/mol. The third kappa shape index (κ3) is 3.56. The predicted octanol–water partition coefficient (Wildman–Crippen LogP) is 0.312. The van der Waals surface area contributed by atoms with Crippen molar-refractivity contribution in [1.82, 2.24) is 5.32 Å². The van der Waals surface area contributed by atoms with Crippen LogP contribution in [0.25, 0.3) is 0 Å². The van der Waals surface area contributed by atoms with E-state index in [-0.39, 0.29) is 5.92 Å². The highest BCUT2D eigenvalue weighted by molar-refractivity contribution is 5.89. The van der Waals surface area contributed by atoms with Gasteiger partial charge in [0.05, 0.1) is 0 Å². The molecular formula is C13H19N3O2. The van der Waals surface area contributed by atoms with E-state index in [4.69, 9.17) is 11.5 Å². The quantitative estimate of drug-likeness (QED) is 0.700. The normalized spacial score (nSPS) is 14.0. The molecule has 0 fully saturated rings. The summed E-state index contributed by atoms with van der Waals surface area (Å²) in [5.74, 6) is -1.04. The molecule has 1 unspecified atom stereocenters. The van der Waals surface area contributed by atoms with E-state index in [2.05, 4.69) is 5.32 Å². The highest BCUT2D eigenvalue weighted by Crippen LogP contribution is 2.10. The Kier molecular flexibility index (Phi) is 4.85. The highest BCUT2D eigenvalue weighted by atomic mass is 16.2. The van der Waals surface area contributed by atoms with Crippen LogP contribution in [0, 0.1) is 5.92 Å². The van der Waals surface area contributed by atoms with Crippen molar-refractivity contribution in [3.63, 3.8) is 0 Å². The zero-order chi connectivity index (χ0) is 13.7. The molecule has 0 saturated heterocycles. The molecule has 2 atom stereocenters. The van der Waals surface area contributed by atoms with Crippen LogP contribution in [0.3, 0.4) is 0 Å². The Balaban J connectivity index is 2.73. The molecule has 98 valence electrons. The molecule has 1 aromatic carbocycles. The summed E-state index contributed by atoms with van der Waals surface area (Å²) < 4.78 is 0. The molecule has 5 heteroatoms. The maximum absolute atomic E-state index is 11.9. The van der Waals surface area contributed by atoms with E-state index >= 15 is 0 Å². The molecule has 0 aromatic heterocycles. The molecule has 0 heterocycles. The van der Waals surface area contributed by atoms with Gasteiger partial charge in [0.1, 0.15) is 12.1 Å². The fourth-order valence-electron chi connectivity index (χ4n) is 1.62. The molecule has 18 heavy (non-hydrogen) atoms. The topological polar surface area (TPSA) is 98.2 Å². The van der Waals surface area contributed by atoms with Crippen LogP contribution < -0.4 is 16.8 Å². The number of nitrogens with one attached hydrogen (secondary N) is 1. The highest BCUT2D eigenvalue weighted by Gasteiger charge is 2.24. The molecule has 1 rings (SSSR count). The number of carbonyl (C=O) groups is 2. The molecule has 0 saturated carbocycles. The second-order valence-corrected chi connectivity index (χ2v) is 4.52. The number of benzene rings is 1. The fourth-order valence-corrected chi connectivity index (χ4v) is 1.62. The van der Waals surface area contributed by atoms with Crippen LogP contribution in [0.5, 0.6) is 0 Å². The van der Waals surface area contributed by atoms with Gasteiger partial charge in [0.15, 0.2) is 0 Å². The summed E-state index contributed by atoms with van der Waals surface area (Å²) in [6.45, 7) is 3.62. The standard InChI is InChI=1S/C13H19N3O2/c1-8(2)11(12(15)17)16-13(18)10(14)9-6-4-3-5-7-9/h3-8,10-11H,14H2,1-2H3,(H2,15,17)(H,16,18)/t10-,11?/m0/s1. The molecule has 5 nitrogen and oxygen atoms in total. The maximum atomic E-state index is 11.9. The maximum Gasteiger partial charge on any atom is 0.242 e. The van der Waals surface area contributed by atoms with Crippen molar-refractivity contribution in [3.05, 3.63) is 35.9 Å². The zero-order valence-corrected chi connectivity index (χ0v) is 10.6. The molecule has 0 aliphatic rings. The second kappa shape index (κ2) is 6.16. The molecule has 5 N–H and O–H groups in total. The van der Waals surface area contributed by atoms with Gasteiger partial charge in [0.25, 0.3) is 0 Å². The molecule has 1 aromatic rings. The number of primary amides is 1. The van der Waals surface area contributed by atoms with Crippen LogP contribution in [0.1, 0.15) is 25.5 Å². The molecule has 0 spiro atoms. The van der Waals surface area contributed by atoms with Gasteiger partial charge >= 0.3 is 0 Å². The van der Waals surface area contributed by atoms with E-state index in [0.29, 0.717) is 5.56 Å². The van der Waals surface area contributed by atoms with Gasteiger partial charge < -0.3 is 16.8 Å². The van der Waals surface area contributed by atoms with Crippen molar-refractivity contribution in [3.8, 4) is 0 Å². The fraction of sp³-hybridized carbons (Fsp3) is 0.385. The summed E-state index contributed by atoms with van der Waals surface area (Å²) in [7, 11) is 0. The lowest BCUT2D eigenvalue weighted by Crippen LogP contribution is -2.50. The molecule has 2 amide bonds. The van der Waals surface area contributed by atoms with E-state index in [1.807, 2.05) is 19.9 Å². The van der Waals surface area contributed by atoms with E-state index in [1.165, 1.54) is 0 Å². The number of carbonyl (C=O) groups excluding carboxylic acids is 2. The third-order valence-corrected chi connectivity index (χ3v) is 2.71. The lowest BCUT2D eigenvalue weighted by Gasteiger charge is -2.21. The Morgan fingerprint density at radius 2 is 1.72 bits per heavy atom. The summed E-state index contributed by atoms with van der Waals surface area (Å²) in [4.78, 5) is 23.1. The minimum Gasteiger partial charge on any atom is -0.368 e. The van der Waals surface area contributed by atoms with Crippen LogP contribution in [0.4, 0.5) is 0 Å². The number of amides is 2. The third-order valence-electron chi connectivity index (χ3n) is 2.71. The van der Waals surface area contributed by atoms with Crippen molar-refractivity contribution in [2.24, 2.45) is 17.4 Å². The molecule has 0 aliphatic carbocycles. The number of rotatable bonds is 5. The molecule has 0 radical (unpaired) electrons. The molecule has 0 bridgehead atoms. The summed E-state index contributed by atoms with van der Waals surface area (Å²) >= 11 is 0. The first-order chi connectivity index (χ1) is 8.43. The Labute approximate surface area is 107 Å². The van der Waals surface area contributed by atoms with Gasteiger partial charge in [-0.1, -0.05) is 44.2 Å². The Morgan fingerprint density at radius 3 is 2.17 bits per heavy atom. The summed E-state index contributed by atoms with van der Waals surface area (Å²) in [5, 5.41) is 2.58. The average molecular weight is 249 g/mol. The van der Waals surface area contributed by atoms with Crippen LogP contribution >= 0.6 is 0 Å². The van der Waals surface area contributed by atoms with Crippen molar-refractivity contribution < 1.29 is 9.59 Å². The number of hydrogen-bond acceptors (Lipinski definition) is 3. The van der Waals surface area contributed by atoms with Gasteiger partial charge in [0, 0.05) is 0 Å². The largest absolute Gasteiger partial charge is 0.368 e. The van der Waals surface area contributed by atoms with Crippen LogP contribution in [-0.2, 0) is 9.59 Å². The second-order valence-electron chi connectivity index (χ2n) is 4.52. The molecular weight excluding hydrogens is 230 g/mol. The minimum atomic E-state index is -0.799. The van der Waals surface area contributed by atoms with Gasteiger partial charge in [-0.2, -0.15) is 0 Å². The SMILES string of the molecule is CC(C)C(NC(=O)[C@@H](N)c1ccccc1)C(N)=O. The van der Waals surface area contributed by atoms with Crippen molar-refractivity contribution >= 4 is 11.8 Å². The summed E-state index contributed by atoms with van der Waals surface area (Å²) in [5.41, 5.74) is 11.7. The Hall–Kier alpha value is -1.88. The zero-order valence-electron chi connectivity index (χ0n) is 10.6. The number of nitrogens with two attached hydrogens (primary N) is 2. The van der Waals surface area contributed by atoms with E-state index in [9.17, 15) is 9.59 Å². The van der Waals surface area contributed by atoms with E-state index in [0.717, 1.165) is 0 Å². The van der Waals surface area contributed by atoms with Crippen molar-refractivity contribution in [2.75, 3.05) is 0 Å². The smallest absolute Gasteiger partial charge is 0.242 e. The van der Waals surface area contributed by atoms with Crippen LogP contribution in [0.15, 0.2) is 30.3 Å². The first-order valence-electron chi connectivity index (χ1n) is 5.83. The Morgan fingerprint density at radius 1 is 1.17 bits per heavy atom. The minimum absolute atomic E-state index is 0.0746. The predicted molar refractivity (Wildman–Crippen MR) is 69.3 cm³/mol.